The van der Waals surface area contributed by atoms with Crippen molar-refractivity contribution in [1.29, 1.82) is 0 Å². The summed E-state index contributed by atoms with van der Waals surface area (Å²) in [5.41, 5.74) is 1.34. The number of hydrogen-bond acceptors (Lipinski definition) is 3. The Morgan fingerprint density at radius 3 is 2.07 bits per heavy atom. The first-order chi connectivity index (χ1) is 6.38. The van der Waals surface area contributed by atoms with Crippen molar-refractivity contribution in [1.82, 2.24) is 0 Å². The quantitative estimate of drug-likeness (QED) is 0.798. The highest BCUT2D eigenvalue weighted by atomic mass is 32.2. The molecule has 0 saturated heterocycles. The maximum absolute atomic E-state index is 11.3. The van der Waals surface area contributed by atoms with E-state index in [2.05, 4.69) is 0 Å². The topological polar surface area (TPSA) is 69.4 Å². The minimum Gasteiger partial charge on any atom is -0.495 e. The third-order valence-electron chi connectivity index (χ3n) is 1.99. The second-order valence-electron chi connectivity index (χ2n) is 3.11. The van der Waals surface area contributed by atoms with Crippen LogP contribution in [0, 0.1) is 13.8 Å². The van der Waals surface area contributed by atoms with Crippen LogP contribution in [0.25, 0.3) is 0 Å². The molecule has 14 heavy (non-hydrogen) atoms. The number of benzene rings is 1. The van der Waals surface area contributed by atoms with Gasteiger partial charge in [0.15, 0.2) is 0 Å². The molecule has 0 atom stereocenters. The van der Waals surface area contributed by atoms with Gasteiger partial charge in [-0.1, -0.05) is 12.1 Å². The second-order valence-corrected chi connectivity index (χ2v) is 4.61. The smallest absolute Gasteiger partial charge is 0.242 e. The number of hydrogen-bond donors (Lipinski definition) is 1. The third-order valence-corrected chi connectivity index (χ3v) is 3.07. The Bertz CT molecular complexity index is 451. The zero-order valence-corrected chi connectivity index (χ0v) is 9.18. The molecule has 0 radical (unpaired) electrons. The molecule has 0 fully saturated rings. The lowest BCUT2D eigenvalue weighted by Gasteiger charge is -2.11. The van der Waals surface area contributed by atoms with E-state index in [1.165, 1.54) is 7.11 Å². The molecule has 0 aliphatic rings. The van der Waals surface area contributed by atoms with Gasteiger partial charge in [0.25, 0.3) is 0 Å². The standard InChI is InChI=1S/C9H13NO3S/c1-6-4-5-7(2)9(8(6)13-3)14(10,11)12/h4-5H,1-3H3,(H2,10,11,12). The fourth-order valence-electron chi connectivity index (χ4n) is 1.37. The van der Waals surface area contributed by atoms with Crippen LogP contribution >= 0.6 is 0 Å². The van der Waals surface area contributed by atoms with E-state index in [1.54, 1.807) is 26.0 Å². The van der Waals surface area contributed by atoms with E-state index in [-0.39, 0.29) is 4.90 Å². The number of aryl methyl sites for hydroxylation is 2. The van der Waals surface area contributed by atoms with Crippen molar-refractivity contribution in [3.05, 3.63) is 23.3 Å². The highest BCUT2D eigenvalue weighted by Crippen LogP contribution is 2.29. The molecule has 0 unspecified atom stereocenters. The van der Waals surface area contributed by atoms with Crippen LogP contribution in [0.3, 0.4) is 0 Å². The summed E-state index contributed by atoms with van der Waals surface area (Å²) in [6, 6.07) is 3.50. The van der Waals surface area contributed by atoms with Gasteiger partial charge in [-0.15, -0.1) is 0 Å². The molecule has 1 aromatic rings. The molecule has 0 saturated carbocycles. The minimum atomic E-state index is -3.72. The predicted octanol–water partition coefficient (Wildman–Crippen LogP) is 0.959. The van der Waals surface area contributed by atoms with Gasteiger partial charge in [0, 0.05) is 0 Å². The van der Waals surface area contributed by atoms with Crippen LogP contribution in [0.2, 0.25) is 0 Å². The summed E-state index contributed by atoms with van der Waals surface area (Å²) >= 11 is 0. The van der Waals surface area contributed by atoms with Gasteiger partial charge >= 0.3 is 0 Å². The van der Waals surface area contributed by atoms with Crippen molar-refractivity contribution >= 4 is 10.0 Å². The molecular formula is C9H13NO3S. The lowest BCUT2D eigenvalue weighted by Crippen LogP contribution is -2.15. The lowest BCUT2D eigenvalue weighted by atomic mass is 10.1. The largest absolute Gasteiger partial charge is 0.495 e. The molecular weight excluding hydrogens is 202 g/mol. The number of nitrogens with two attached hydrogens (primary N) is 1. The summed E-state index contributed by atoms with van der Waals surface area (Å²) in [6.45, 7) is 3.45. The van der Waals surface area contributed by atoms with Crippen LogP contribution in [0.15, 0.2) is 17.0 Å². The van der Waals surface area contributed by atoms with Crippen LogP contribution in [-0.4, -0.2) is 15.5 Å². The predicted molar refractivity (Wildman–Crippen MR) is 53.8 cm³/mol. The third kappa shape index (κ3) is 1.88. The van der Waals surface area contributed by atoms with E-state index in [1.807, 2.05) is 0 Å². The number of sulfonamides is 1. The fourth-order valence-corrected chi connectivity index (χ4v) is 2.39. The Balaban J connectivity index is 3.63. The maximum Gasteiger partial charge on any atom is 0.242 e. The molecule has 5 heteroatoms. The van der Waals surface area contributed by atoms with Crippen LogP contribution in [0.4, 0.5) is 0 Å². The Hall–Kier alpha value is -1.07. The minimum absolute atomic E-state index is 0.0694. The van der Waals surface area contributed by atoms with E-state index < -0.39 is 10.0 Å². The molecule has 2 N–H and O–H groups in total. The first-order valence-electron chi connectivity index (χ1n) is 4.05. The van der Waals surface area contributed by atoms with E-state index in [0.717, 1.165) is 5.56 Å². The molecule has 0 amide bonds. The van der Waals surface area contributed by atoms with E-state index in [4.69, 9.17) is 9.88 Å². The lowest BCUT2D eigenvalue weighted by molar-refractivity contribution is 0.399. The normalized spacial score (nSPS) is 11.4. The van der Waals surface area contributed by atoms with Gasteiger partial charge in [0.2, 0.25) is 10.0 Å². The zero-order valence-electron chi connectivity index (χ0n) is 8.37. The Labute approximate surface area is 83.7 Å². The van der Waals surface area contributed by atoms with Gasteiger partial charge in [-0.2, -0.15) is 0 Å². The van der Waals surface area contributed by atoms with Gasteiger partial charge in [0.1, 0.15) is 10.6 Å². The summed E-state index contributed by atoms with van der Waals surface area (Å²) in [7, 11) is -2.30. The Morgan fingerprint density at radius 2 is 1.71 bits per heavy atom. The van der Waals surface area contributed by atoms with Crippen LogP contribution < -0.4 is 9.88 Å². The molecule has 1 aromatic carbocycles. The van der Waals surface area contributed by atoms with E-state index in [0.29, 0.717) is 11.3 Å². The van der Waals surface area contributed by atoms with Gasteiger partial charge in [-0.25, -0.2) is 13.6 Å². The molecule has 0 spiro atoms. The summed E-state index contributed by atoms with van der Waals surface area (Å²) in [6.07, 6.45) is 0. The Kier molecular flexibility index (Phi) is 2.82. The molecule has 0 aliphatic heterocycles. The first-order valence-corrected chi connectivity index (χ1v) is 5.59. The average molecular weight is 215 g/mol. The van der Waals surface area contributed by atoms with Gasteiger partial charge in [-0.3, -0.25) is 0 Å². The maximum atomic E-state index is 11.3. The molecule has 1 rings (SSSR count). The fraction of sp³-hybridized carbons (Fsp3) is 0.333. The molecule has 0 heterocycles. The molecule has 0 aromatic heterocycles. The number of methoxy groups -OCH3 is 1. The summed E-state index contributed by atoms with van der Waals surface area (Å²) in [5.74, 6) is 0.326. The SMILES string of the molecule is COc1c(C)ccc(C)c1S(N)(=O)=O. The van der Waals surface area contributed by atoms with E-state index >= 15 is 0 Å². The second kappa shape index (κ2) is 3.59. The summed E-state index contributed by atoms with van der Waals surface area (Å²) in [4.78, 5) is 0.0694. The number of ether oxygens (including phenoxy) is 1. The monoisotopic (exact) mass is 215 g/mol. The van der Waals surface area contributed by atoms with Crippen molar-refractivity contribution in [2.45, 2.75) is 18.7 Å². The van der Waals surface area contributed by atoms with Crippen molar-refractivity contribution in [3.8, 4) is 5.75 Å². The molecule has 0 bridgehead atoms. The van der Waals surface area contributed by atoms with Crippen LogP contribution in [0.1, 0.15) is 11.1 Å². The molecule has 78 valence electrons. The summed E-state index contributed by atoms with van der Waals surface area (Å²) < 4.78 is 27.6. The number of primary sulfonamides is 1. The van der Waals surface area contributed by atoms with E-state index in [9.17, 15) is 8.42 Å². The van der Waals surface area contributed by atoms with Gasteiger partial charge in [0.05, 0.1) is 7.11 Å². The van der Waals surface area contributed by atoms with Crippen LogP contribution in [-0.2, 0) is 10.0 Å². The highest BCUT2D eigenvalue weighted by Gasteiger charge is 2.19. The summed E-state index contributed by atoms with van der Waals surface area (Å²) in [5, 5.41) is 5.10. The average Bonchev–Trinajstić information content (AvgIpc) is 2.06. The van der Waals surface area contributed by atoms with Crippen molar-refractivity contribution in [2.24, 2.45) is 5.14 Å². The van der Waals surface area contributed by atoms with Gasteiger partial charge < -0.3 is 4.74 Å². The van der Waals surface area contributed by atoms with Crippen molar-refractivity contribution in [2.75, 3.05) is 7.11 Å². The van der Waals surface area contributed by atoms with Gasteiger partial charge in [-0.05, 0) is 25.0 Å². The van der Waals surface area contributed by atoms with Crippen molar-refractivity contribution in [3.63, 3.8) is 0 Å². The molecule has 4 nitrogen and oxygen atoms in total. The molecule has 0 aliphatic carbocycles. The first kappa shape index (κ1) is 11.0. The highest BCUT2D eigenvalue weighted by molar-refractivity contribution is 7.89. The zero-order chi connectivity index (χ0) is 10.9. The van der Waals surface area contributed by atoms with Crippen molar-refractivity contribution < 1.29 is 13.2 Å². The van der Waals surface area contributed by atoms with Crippen LogP contribution in [0.5, 0.6) is 5.75 Å². The Morgan fingerprint density at radius 1 is 1.21 bits per heavy atom. The number of rotatable bonds is 2.